The van der Waals surface area contributed by atoms with Crippen molar-refractivity contribution in [3.63, 3.8) is 0 Å². The zero-order chi connectivity index (χ0) is 26.6. The summed E-state index contributed by atoms with van der Waals surface area (Å²) in [7, 11) is 0. The molecule has 0 aliphatic rings. The van der Waals surface area contributed by atoms with Gasteiger partial charge in [-0.25, -0.2) is 18.0 Å². The number of hydrogen-bond donors (Lipinski definition) is 2. The van der Waals surface area contributed by atoms with Crippen LogP contribution >= 0.6 is 11.6 Å². The molecule has 13 heteroatoms. The molecule has 1 heterocycles. The number of urea groups is 1. The number of aryl methyl sites for hydroxylation is 1. The van der Waals surface area contributed by atoms with E-state index in [1.165, 1.54) is 19.1 Å². The van der Waals surface area contributed by atoms with Crippen LogP contribution in [0.1, 0.15) is 16.8 Å². The number of ether oxygens (including phenoxy) is 1. The van der Waals surface area contributed by atoms with Crippen molar-refractivity contribution in [2.45, 2.75) is 26.3 Å². The summed E-state index contributed by atoms with van der Waals surface area (Å²) in [6.45, 7) is -0.749. The molecular weight excluding hydrogens is 516 g/mol. The van der Waals surface area contributed by atoms with Gasteiger partial charge in [-0.05, 0) is 42.3 Å². The minimum Gasteiger partial charge on any atom is -0.487 e. The van der Waals surface area contributed by atoms with Gasteiger partial charge in [-0.1, -0.05) is 23.7 Å². The van der Waals surface area contributed by atoms with Gasteiger partial charge in [0.05, 0.1) is 0 Å². The van der Waals surface area contributed by atoms with Gasteiger partial charge in [0.1, 0.15) is 47.1 Å². The number of para-hydroxylation sites is 1. The van der Waals surface area contributed by atoms with Crippen LogP contribution in [0.3, 0.4) is 0 Å². The number of carbonyl (C=O) groups is 1. The fourth-order valence-electron chi connectivity index (χ4n) is 3.24. The maximum atomic E-state index is 14.2. The lowest BCUT2D eigenvalue weighted by atomic mass is 10.1. The lowest BCUT2D eigenvalue weighted by molar-refractivity contribution is -0.122. The Hall–Kier alpha value is -3.67. The summed E-state index contributed by atoms with van der Waals surface area (Å²) in [5.41, 5.74) is -0.940. The summed E-state index contributed by atoms with van der Waals surface area (Å²) in [6, 6.07) is 6.73. The maximum absolute atomic E-state index is 14.2. The average molecular weight is 534 g/mol. The number of nitrogens with zero attached hydrogens (tertiary/aromatic N) is 1. The maximum Gasteiger partial charge on any atom is 0.405 e. The van der Waals surface area contributed by atoms with Crippen molar-refractivity contribution >= 4 is 17.6 Å². The number of aromatic nitrogens is 1. The van der Waals surface area contributed by atoms with E-state index in [1.54, 1.807) is 5.32 Å². The standard InChI is InChI=1S/C23H18ClF6N3O3/c1-12-7-18(19(24)21(34)33(12)20-16(26)3-2-4-17(20)27)36-10-13-5-6-15(25)8-14(13)9-31-22(35)32-11-23(28,29)30/h2-8H,9-11H2,1H3,(H2,31,32,35). The predicted octanol–water partition coefficient (Wildman–Crippen LogP) is 5.16. The Morgan fingerprint density at radius 3 is 2.33 bits per heavy atom. The first-order chi connectivity index (χ1) is 16.9. The third kappa shape index (κ3) is 6.51. The summed E-state index contributed by atoms with van der Waals surface area (Å²) >= 11 is 6.11. The minimum atomic E-state index is -4.60. The fourth-order valence-corrected chi connectivity index (χ4v) is 3.43. The molecule has 2 aromatic carbocycles. The molecule has 3 rings (SSSR count). The third-order valence-electron chi connectivity index (χ3n) is 4.90. The molecule has 0 radical (unpaired) electrons. The lowest BCUT2D eigenvalue weighted by Crippen LogP contribution is -2.40. The van der Waals surface area contributed by atoms with Gasteiger partial charge in [0, 0.05) is 18.3 Å². The van der Waals surface area contributed by atoms with Crippen molar-refractivity contribution in [2.75, 3.05) is 6.54 Å². The Bertz CT molecular complexity index is 1320. The Morgan fingerprint density at radius 1 is 1.03 bits per heavy atom. The van der Waals surface area contributed by atoms with Crippen LogP contribution in [0.15, 0.2) is 47.3 Å². The summed E-state index contributed by atoms with van der Waals surface area (Å²) in [6.07, 6.45) is -4.60. The summed E-state index contributed by atoms with van der Waals surface area (Å²) in [5, 5.41) is 3.33. The van der Waals surface area contributed by atoms with Gasteiger partial charge in [0.2, 0.25) is 0 Å². The molecule has 3 aromatic rings. The largest absolute Gasteiger partial charge is 0.487 e. The lowest BCUT2D eigenvalue weighted by Gasteiger charge is -2.16. The van der Waals surface area contributed by atoms with Crippen molar-refractivity contribution in [1.29, 1.82) is 0 Å². The summed E-state index contributed by atoms with van der Waals surface area (Å²) < 4.78 is 85.2. The molecule has 2 amide bonds. The monoisotopic (exact) mass is 533 g/mol. The number of carbonyl (C=O) groups excluding carboxylic acids is 1. The first-order valence-electron chi connectivity index (χ1n) is 10.2. The second-order valence-corrected chi connectivity index (χ2v) is 7.91. The zero-order valence-electron chi connectivity index (χ0n) is 18.5. The van der Waals surface area contributed by atoms with E-state index in [0.717, 1.165) is 34.9 Å². The highest BCUT2D eigenvalue weighted by atomic mass is 35.5. The molecule has 6 nitrogen and oxygen atoms in total. The molecular formula is C23H18ClF6N3O3. The van der Waals surface area contributed by atoms with Crippen LogP contribution in [0, 0.1) is 24.4 Å². The van der Waals surface area contributed by atoms with Crippen molar-refractivity contribution in [3.05, 3.63) is 92.1 Å². The highest BCUT2D eigenvalue weighted by Gasteiger charge is 2.27. The first-order valence-corrected chi connectivity index (χ1v) is 10.6. The second kappa shape index (κ2) is 10.9. The number of halogens is 7. The van der Waals surface area contributed by atoms with Gasteiger partial charge in [-0.15, -0.1) is 0 Å². The van der Waals surface area contributed by atoms with Crippen molar-refractivity contribution in [1.82, 2.24) is 15.2 Å². The van der Waals surface area contributed by atoms with Gasteiger partial charge in [-0.2, -0.15) is 13.2 Å². The van der Waals surface area contributed by atoms with Crippen LogP contribution in [0.4, 0.5) is 31.1 Å². The van der Waals surface area contributed by atoms with E-state index >= 15 is 0 Å². The molecule has 0 saturated carbocycles. The summed E-state index contributed by atoms with van der Waals surface area (Å²) in [5.74, 6) is -2.76. The average Bonchev–Trinajstić information content (AvgIpc) is 2.80. The predicted molar refractivity (Wildman–Crippen MR) is 119 cm³/mol. The van der Waals surface area contributed by atoms with Crippen molar-refractivity contribution in [2.24, 2.45) is 0 Å². The van der Waals surface area contributed by atoms with Gasteiger partial charge in [0.15, 0.2) is 0 Å². The Labute approximate surface area is 205 Å². The topological polar surface area (TPSA) is 72.4 Å². The molecule has 0 spiro atoms. The molecule has 0 bridgehead atoms. The highest BCUT2D eigenvalue weighted by Crippen LogP contribution is 2.27. The quantitative estimate of drug-likeness (QED) is 0.412. The van der Waals surface area contributed by atoms with Gasteiger partial charge >= 0.3 is 12.2 Å². The Kier molecular flexibility index (Phi) is 8.18. The van der Waals surface area contributed by atoms with Crippen LogP contribution in [0.2, 0.25) is 5.02 Å². The Morgan fingerprint density at radius 2 is 1.69 bits per heavy atom. The van der Waals surface area contributed by atoms with Gasteiger partial charge in [0.25, 0.3) is 5.56 Å². The molecule has 0 atom stereocenters. The first kappa shape index (κ1) is 26.9. The number of nitrogens with one attached hydrogen (secondary N) is 2. The van der Waals surface area contributed by atoms with E-state index < -0.39 is 52.5 Å². The smallest absolute Gasteiger partial charge is 0.405 e. The summed E-state index contributed by atoms with van der Waals surface area (Å²) in [4.78, 5) is 24.4. The third-order valence-corrected chi connectivity index (χ3v) is 5.25. The number of hydrogen-bond acceptors (Lipinski definition) is 3. The SMILES string of the molecule is Cc1cc(OCc2ccc(F)cc2CNC(=O)NCC(F)(F)F)c(Cl)c(=O)n1-c1c(F)cccc1F. The van der Waals surface area contributed by atoms with E-state index in [1.807, 2.05) is 0 Å². The van der Waals surface area contributed by atoms with Crippen molar-refractivity contribution < 1.29 is 35.9 Å². The van der Waals surface area contributed by atoms with Crippen LogP contribution in [-0.2, 0) is 13.2 Å². The van der Waals surface area contributed by atoms with E-state index in [4.69, 9.17) is 16.3 Å². The number of pyridine rings is 1. The molecule has 0 aliphatic carbocycles. The second-order valence-electron chi connectivity index (χ2n) is 7.53. The fraction of sp³-hybridized carbons (Fsp3) is 0.217. The number of alkyl halides is 3. The molecule has 1 aromatic heterocycles. The van der Waals surface area contributed by atoms with E-state index in [2.05, 4.69) is 5.32 Å². The molecule has 0 saturated heterocycles. The van der Waals surface area contributed by atoms with Gasteiger partial charge in [-0.3, -0.25) is 9.36 Å². The van der Waals surface area contributed by atoms with Gasteiger partial charge < -0.3 is 15.4 Å². The number of benzene rings is 2. The number of rotatable bonds is 7. The van der Waals surface area contributed by atoms with Crippen molar-refractivity contribution in [3.8, 4) is 11.4 Å². The zero-order valence-corrected chi connectivity index (χ0v) is 19.2. The molecule has 36 heavy (non-hydrogen) atoms. The van der Waals surface area contributed by atoms with E-state index in [-0.39, 0.29) is 30.2 Å². The van der Waals surface area contributed by atoms with Crippen LogP contribution in [-0.4, -0.2) is 23.3 Å². The number of amides is 2. The minimum absolute atomic E-state index is 0.103. The molecule has 2 N–H and O–H groups in total. The van der Waals surface area contributed by atoms with E-state index in [0.29, 0.717) is 5.56 Å². The molecule has 0 fully saturated rings. The van der Waals surface area contributed by atoms with Crippen LogP contribution < -0.4 is 20.9 Å². The highest BCUT2D eigenvalue weighted by molar-refractivity contribution is 6.31. The van der Waals surface area contributed by atoms with E-state index in [9.17, 15) is 35.9 Å². The molecule has 0 unspecified atom stereocenters. The normalized spacial score (nSPS) is 11.3. The van der Waals surface area contributed by atoms with Crippen LogP contribution in [0.25, 0.3) is 5.69 Å². The molecule has 192 valence electrons. The molecule has 0 aliphatic heterocycles. The van der Waals surface area contributed by atoms with Crippen LogP contribution in [0.5, 0.6) is 5.75 Å². The Balaban J connectivity index is 1.80.